The predicted octanol–water partition coefficient (Wildman–Crippen LogP) is 2.62. The Labute approximate surface area is 157 Å². The lowest BCUT2D eigenvalue weighted by Gasteiger charge is -2.17. The van der Waals surface area contributed by atoms with Gasteiger partial charge in [0.05, 0.1) is 19.4 Å². The third-order valence-corrected chi connectivity index (χ3v) is 5.65. The molecule has 0 amide bonds. The summed E-state index contributed by atoms with van der Waals surface area (Å²) in [7, 11) is -3.74. The average molecular weight is 379 g/mol. The number of benzene rings is 3. The molecule has 1 aliphatic rings. The average Bonchev–Trinajstić information content (AvgIpc) is 2.96. The molecule has 0 fully saturated rings. The Bertz CT molecular complexity index is 1160. The zero-order valence-electron chi connectivity index (χ0n) is 14.4. The van der Waals surface area contributed by atoms with Crippen molar-refractivity contribution in [2.24, 2.45) is 9.50 Å². The number of nitrogens with zero attached hydrogens (tertiary/aromatic N) is 3. The minimum atomic E-state index is -3.74. The summed E-state index contributed by atoms with van der Waals surface area (Å²) in [6, 6.07) is 20.4. The van der Waals surface area contributed by atoms with E-state index in [9.17, 15) is 13.5 Å². The van der Waals surface area contributed by atoms with Crippen LogP contribution in [-0.4, -0.2) is 43.7 Å². The molecular formula is C20H17N3O3S. The van der Waals surface area contributed by atoms with E-state index in [1.165, 1.54) is 11.1 Å². The molecule has 0 spiro atoms. The van der Waals surface area contributed by atoms with E-state index in [0.29, 0.717) is 5.56 Å². The highest BCUT2D eigenvalue weighted by molar-refractivity contribution is 7.90. The first-order valence-electron chi connectivity index (χ1n) is 8.45. The van der Waals surface area contributed by atoms with Gasteiger partial charge in [0.25, 0.3) is 10.0 Å². The number of aliphatic hydroxyl groups excluding tert-OH is 1. The summed E-state index contributed by atoms with van der Waals surface area (Å²) < 4.78 is 28.5. The van der Waals surface area contributed by atoms with Crippen molar-refractivity contribution in [3.8, 4) is 0 Å². The molecule has 7 heteroatoms. The van der Waals surface area contributed by atoms with Crippen LogP contribution in [0.1, 0.15) is 11.1 Å². The van der Waals surface area contributed by atoms with E-state index in [2.05, 4.69) is 9.50 Å². The lowest BCUT2D eigenvalue weighted by molar-refractivity contribution is 0.254. The van der Waals surface area contributed by atoms with Crippen LogP contribution in [0.4, 0.5) is 0 Å². The number of aliphatic hydroxyl groups is 1. The maximum atomic E-state index is 12.3. The van der Waals surface area contributed by atoms with Gasteiger partial charge in [-0.1, -0.05) is 54.6 Å². The number of hydrogen-bond donors (Lipinski definition) is 1. The Balaban J connectivity index is 1.75. The van der Waals surface area contributed by atoms with Crippen LogP contribution in [0.3, 0.4) is 0 Å². The molecule has 0 saturated heterocycles. The quantitative estimate of drug-likeness (QED) is 0.558. The standard InChI is InChI=1S/C20H17N3O3S/c24-13-12-23(20-18-10-3-4-11-19(18)27(25,26)22-20)21-14-16-8-5-7-15-6-1-2-9-17(15)16/h1-11,14,24H,12-13H2. The topological polar surface area (TPSA) is 82.3 Å². The Hall–Kier alpha value is -3.03. The molecule has 0 saturated carbocycles. The highest BCUT2D eigenvalue weighted by Crippen LogP contribution is 2.27. The van der Waals surface area contributed by atoms with Gasteiger partial charge in [0.1, 0.15) is 4.90 Å². The van der Waals surface area contributed by atoms with Gasteiger partial charge in [-0.05, 0) is 22.9 Å². The van der Waals surface area contributed by atoms with Gasteiger partial charge in [0.15, 0.2) is 5.84 Å². The second-order valence-corrected chi connectivity index (χ2v) is 7.62. The van der Waals surface area contributed by atoms with Gasteiger partial charge in [0, 0.05) is 11.1 Å². The van der Waals surface area contributed by atoms with Crippen molar-refractivity contribution in [3.63, 3.8) is 0 Å². The Kier molecular flexibility index (Phi) is 4.47. The molecule has 0 atom stereocenters. The summed E-state index contributed by atoms with van der Waals surface area (Å²) in [5, 5.41) is 17.4. The molecule has 0 aliphatic carbocycles. The van der Waals surface area contributed by atoms with Crippen LogP contribution in [0.25, 0.3) is 10.8 Å². The van der Waals surface area contributed by atoms with E-state index in [0.717, 1.165) is 16.3 Å². The third kappa shape index (κ3) is 3.22. The fourth-order valence-corrected chi connectivity index (χ4v) is 4.29. The number of rotatable bonds is 4. The first-order chi connectivity index (χ1) is 13.1. The molecule has 1 aliphatic heterocycles. The first-order valence-corrected chi connectivity index (χ1v) is 9.89. The van der Waals surface area contributed by atoms with E-state index in [-0.39, 0.29) is 23.9 Å². The van der Waals surface area contributed by atoms with Crippen molar-refractivity contribution in [3.05, 3.63) is 77.9 Å². The second kappa shape index (κ2) is 6.94. The minimum absolute atomic E-state index is 0.129. The fourth-order valence-electron chi connectivity index (χ4n) is 3.08. The summed E-state index contributed by atoms with van der Waals surface area (Å²) in [4.78, 5) is 0.156. The Morgan fingerprint density at radius 1 is 1.00 bits per heavy atom. The summed E-state index contributed by atoms with van der Waals surface area (Å²) >= 11 is 0. The molecule has 27 heavy (non-hydrogen) atoms. The second-order valence-electron chi connectivity index (χ2n) is 6.05. The van der Waals surface area contributed by atoms with Crippen LogP contribution >= 0.6 is 0 Å². The van der Waals surface area contributed by atoms with Gasteiger partial charge in [-0.3, -0.25) is 0 Å². The summed E-state index contributed by atoms with van der Waals surface area (Å²) in [5.74, 6) is 0.219. The highest BCUT2D eigenvalue weighted by Gasteiger charge is 2.31. The number of hydrazone groups is 1. The van der Waals surface area contributed by atoms with Gasteiger partial charge >= 0.3 is 0 Å². The Morgan fingerprint density at radius 3 is 2.59 bits per heavy atom. The highest BCUT2D eigenvalue weighted by atomic mass is 32.2. The van der Waals surface area contributed by atoms with Crippen molar-refractivity contribution in [2.75, 3.05) is 13.2 Å². The van der Waals surface area contributed by atoms with E-state index in [1.54, 1.807) is 24.4 Å². The van der Waals surface area contributed by atoms with Gasteiger partial charge in [0.2, 0.25) is 0 Å². The predicted molar refractivity (Wildman–Crippen MR) is 105 cm³/mol. The summed E-state index contributed by atoms with van der Waals surface area (Å²) in [5.41, 5.74) is 1.38. The van der Waals surface area contributed by atoms with Gasteiger partial charge < -0.3 is 5.11 Å². The van der Waals surface area contributed by atoms with Crippen LogP contribution in [0, 0.1) is 0 Å². The van der Waals surface area contributed by atoms with Crippen molar-refractivity contribution < 1.29 is 13.5 Å². The Morgan fingerprint density at radius 2 is 1.74 bits per heavy atom. The molecule has 0 radical (unpaired) electrons. The summed E-state index contributed by atoms with van der Waals surface area (Å²) in [6.07, 6.45) is 1.66. The third-order valence-electron chi connectivity index (χ3n) is 4.33. The minimum Gasteiger partial charge on any atom is -0.394 e. The molecule has 3 aromatic rings. The van der Waals surface area contributed by atoms with E-state index in [4.69, 9.17) is 0 Å². The van der Waals surface area contributed by atoms with Gasteiger partial charge in [-0.25, -0.2) is 5.01 Å². The van der Waals surface area contributed by atoms with Gasteiger partial charge in [-0.15, -0.1) is 4.40 Å². The smallest absolute Gasteiger partial charge is 0.285 e. The largest absolute Gasteiger partial charge is 0.394 e. The van der Waals surface area contributed by atoms with Gasteiger partial charge in [-0.2, -0.15) is 13.5 Å². The number of hydrogen-bond acceptors (Lipinski definition) is 5. The SMILES string of the molecule is O=S1(=O)N=C(N(CCO)N=Cc2cccc3ccccc23)c2ccccc21. The molecule has 1 N–H and O–H groups in total. The lowest BCUT2D eigenvalue weighted by Crippen LogP contribution is -2.28. The maximum Gasteiger partial charge on any atom is 0.285 e. The maximum absolute atomic E-state index is 12.3. The molecular weight excluding hydrogens is 362 g/mol. The summed E-state index contributed by atoms with van der Waals surface area (Å²) in [6.45, 7) is -0.0575. The number of amidine groups is 1. The van der Waals surface area contributed by atoms with Crippen LogP contribution < -0.4 is 0 Å². The molecule has 0 aromatic heterocycles. The van der Waals surface area contributed by atoms with Crippen molar-refractivity contribution >= 4 is 32.8 Å². The molecule has 0 bridgehead atoms. The molecule has 4 rings (SSSR count). The fraction of sp³-hybridized carbons (Fsp3) is 0.100. The number of fused-ring (bicyclic) bond motifs is 2. The van der Waals surface area contributed by atoms with Crippen molar-refractivity contribution in [1.29, 1.82) is 0 Å². The van der Waals surface area contributed by atoms with Crippen molar-refractivity contribution in [2.45, 2.75) is 4.90 Å². The molecule has 1 heterocycles. The monoisotopic (exact) mass is 379 g/mol. The van der Waals surface area contributed by atoms with Crippen molar-refractivity contribution in [1.82, 2.24) is 5.01 Å². The molecule has 6 nitrogen and oxygen atoms in total. The van der Waals surface area contributed by atoms with Crippen LogP contribution in [0.5, 0.6) is 0 Å². The molecule has 136 valence electrons. The molecule has 3 aromatic carbocycles. The van der Waals surface area contributed by atoms with E-state index < -0.39 is 10.0 Å². The zero-order chi connectivity index (χ0) is 18.9. The van der Waals surface area contributed by atoms with Crippen LogP contribution in [-0.2, 0) is 10.0 Å². The number of sulfonamides is 1. The first kappa shape index (κ1) is 17.4. The lowest BCUT2D eigenvalue weighted by atomic mass is 10.1. The van der Waals surface area contributed by atoms with E-state index >= 15 is 0 Å². The van der Waals surface area contributed by atoms with E-state index in [1.807, 2.05) is 42.5 Å². The molecule has 0 unspecified atom stereocenters. The van der Waals surface area contributed by atoms with Crippen LogP contribution in [0.2, 0.25) is 0 Å². The zero-order valence-corrected chi connectivity index (χ0v) is 15.2. The van der Waals surface area contributed by atoms with Crippen LogP contribution in [0.15, 0.2) is 81.1 Å². The normalized spacial score (nSPS) is 15.1.